The molecule has 11 nitrogen and oxygen atoms in total. The van der Waals surface area contributed by atoms with Crippen molar-refractivity contribution in [3.05, 3.63) is 48.6 Å². The minimum atomic E-state index is -4.40. The molecule has 0 rings (SSSR count). The molecule has 0 aromatic heterocycles. The molecule has 0 fully saturated rings. The molecule has 0 saturated heterocycles. The zero-order valence-corrected chi connectivity index (χ0v) is 38.2. The fourth-order valence-corrected chi connectivity index (χ4v) is 6.70. The normalized spacial score (nSPS) is 14.5. The number of hydrogen-bond donors (Lipinski definition) is 2. The Balaban J connectivity index is 4.51. The minimum absolute atomic E-state index is 0.00982. The molecule has 0 radical (unpaired) electrons. The second-order valence-electron chi connectivity index (χ2n) is 16.4. The van der Waals surface area contributed by atoms with E-state index in [1.54, 1.807) is 0 Å². The summed E-state index contributed by atoms with van der Waals surface area (Å²) >= 11 is 0. The number of phosphoric ester groups is 1. The number of likely N-dealkylation sites (N-methyl/N-ethyl adjacent to an activating group) is 1. The van der Waals surface area contributed by atoms with Gasteiger partial charge in [-0.2, -0.15) is 0 Å². The van der Waals surface area contributed by atoms with Crippen LogP contribution in [0.5, 0.6) is 0 Å². The molecule has 2 N–H and O–H groups in total. The minimum Gasteiger partial charge on any atom is -0.462 e. The van der Waals surface area contributed by atoms with Crippen LogP contribution in [0.1, 0.15) is 174 Å². The molecule has 0 aromatic rings. The number of carbonyl (C=O) groups excluding carboxylic acids is 2. The van der Waals surface area contributed by atoms with Crippen molar-refractivity contribution in [1.82, 2.24) is 0 Å². The molecule has 1 unspecified atom stereocenters. The molecule has 0 saturated carbocycles. The van der Waals surface area contributed by atoms with Crippen LogP contribution in [0.4, 0.5) is 0 Å². The SMILES string of the molecule is CCCCCCCCCCCCCCCCCC(=O)OC[C@H](COP(=O)(O)OCC[N+](C)(C)C)OC(=O)CCC/C=C\C/C=C\C/C=C\C=C\[C@H](CCCCC)OO. The van der Waals surface area contributed by atoms with Gasteiger partial charge in [0.05, 0.1) is 27.7 Å². The number of quaternary nitrogens is 1. The third kappa shape index (κ3) is 40.7. The van der Waals surface area contributed by atoms with Crippen molar-refractivity contribution < 1.29 is 52.2 Å². The molecule has 0 aliphatic rings. The number of nitrogens with zero attached hydrogens (tertiary/aromatic N) is 1. The second kappa shape index (κ2) is 39.1. The molecule has 12 heteroatoms. The lowest BCUT2D eigenvalue weighted by atomic mass is 10.0. The van der Waals surface area contributed by atoms with Crippen LogP contribution in [-0.4, -0.2) is 86.3 Å². The molecule has 0 amide bonds. The first-order chi connectivity index (χ1) is 27.9. The van der Waals surface area contributed by atoms with Crippen LogP contribution in [0.25, 0.3) is 0 Å². The van der Waals surface area contributed by atoms with E-state index in [1.165, 1.54) is 77.0 Å². The maximum Gasteiger partial charge on any atom is 0.472 e. The van der Waals surface area contributed by atoms with E-state index in [2.05, 4.69) is 30.9 Å². The summed E-state index contributed by atoms with van der Waals surface area (Å²) in [5.41, 5.74) is 0. The number of phosphoric acid groups is 1. The Morgan fingerprint density at radius 2 is 1.17 bits per heavy atom. The summed E-state index contributed by atoms with van der Waals surface area (Å²) < 4.78 is 34.2. The van der Waals surface area contributed by atoms with E-state index in [4.69, 9.17) is 23.8 Å². The topological polar surface area (TPSA) is 138 Å². The largest absolute Gasteiger partial charge is 0.472 e. The van der Waals surface area contributed by atoms with E-state index in [0.29, 0.717) is 23.9 Å². The first-order valence-electron chi connectivity index (χ1n) is 22.6. The van der Waals surface area contributed by atoms with E-state index in [0.717, 1.165) is 57.8 Å². The molecule has 0 aliphatic carbocycles. The summed E-state index contributed by atoms with van der Waals surface area (Å²) in [6.07, 6.45) is 40.5. The van der Waals surface area contributed by atoms with Gasteiger partial charge in [0.1, 0.15) is 25.9 Å². The zero-order valence-electron chi connectivity index (χ0n) is 37.3. The van der Waals surface area contributed by atoms with E-state index < -0.39 is 32.5 Å². The van der Waals surface area contributed by atoms with Gasteiger partial charge >= 0.3 is 19.8 Å². The van der Waals surface area contributed by atoms with Gasteiger partial charge in [0.15, 0.2) is 6.10 Å². The van der Waals surface area contributed by atoms with Crippen LogP contribution in [0.15, 0.2) is 48.6 Å². The standard InChI is InChI=1S/C46H84NO10P/c1-6-8-10-11-12-13-14-15-16-17-20-23-26-29-33-37-45(48)53-41-44(42-55-58(51,52)54-40-39-47(3,4)5)56-46(49)38-34-30-27-24-21-18-19-22-25-28-32-36-43(57-50)35-31-9-7-2/h18-19,24-25,27-28,32,36,43-44H,6-17,20-23,26,29-31,33-35,37-42H2,1-5H3,(H-,50,51,52)/p+1/b19-18-,27-24-,28-25-,36-32+/t43-,44+/m0/s1. The summed E-state index contributed by atoms with van der Waals surface area (Å²) in [4.78, 5) is 39.9. The Hall–Kier alpha value is -2.11. The van der Waals surface area contributed by atoms with Crippen LogP contribution in [0.2, 0.25) is 0 Å². The predicted octanol–water partition coefficient (Wildman–Crippen LogP) is 12.2. The lowest BCUT2D eigenvalue weighted by Crippen LogP contribution is -2.37. The number of rotatable bonds is 41. The highest BCUT2D eigenvalue weighted by Crippen LogP contribution is 2.43. The van der Waals surface area contributed by atoms with Gasteiger partial charge in [0, 0.05) is 12.8 Å². The van der Waals surface area contributed by atoms with Crippen molar-refractivity contribution in [2.75, 3.05) is 47.5 Å². The van der Waals surface area contributed by atoms with Crippen LogP contribution in [0.3, 0.4) is 0 Å². The van der Waals surface area contributed by atoms with Crippen molar-refractivity contribution in [2.24, 2.45) is 0 Å². The summed E-state index contributed by atoms with van der Waals surface area (Å²) in [6, 6.07) is 0. The Kier molecular flexibility index (Phi) is 37.6. The molecule has 0 bridgehead atoms. The van der Waals surface area contributed by atoms with Gasteiger partial charge in [-0.15, -0.1) is 0 Å². The molecule has 0 aliphatic heterocycles. The van der Waals surface area contributed by atoms with Crippen molar-refractivity contribution in [3.8, 4) is 0 Å². The molecule has 58 heavy (non-hydrogen) atoms. The fraction of sp³-hybridized carbons (Fsp3) is 0.783. The van der Waals surface area contributed by atoms with E-state index >= 15 is 0 Å². The maximum atomic E-state index is 12.7. The second-order valence-corrected chi connectivity index (χ2v) is 17.8. The van der Waals surface area contributed by atoms with Crippen LogP contribution in [0, 0.1) is 0 Å². The number of allylic oxidation sites excluding steroid dienone is 7. The van der Waals surface area contributed by atoms with E-state index in [9.17, 15) is 19.0 Å². The highest BCUT2D eigenvalue weighted by atomic mass is 31.2. The van der Waals surface area contributed by atoms with Crippen LogP contribution < -0.4 is 0 Å². The Morgan fingerprint density at radius 1 is 0.638 bits per heavy atom. The van der Waals surface area contributed by atoms with E-state index in [1.807, 2.05) is 57.6 Å². The average molecular weight is 843 g/mol. The number of esters is 2. The molecule has 3 atom stereocenters. The van der Waals surface area contributed by atoms with Crippen molar-refractivity contribution in [2.45, 2.75) is 187 Å². The van der Waals surface area contributed by atoms with Crippen molar-refractivity contribution in [1.29, 1.82) is 0 Å². The first kappa shape index (κ1) is 55.9. The van der Waals surface area contributed by atoms with Gasteiger partial charge < -0.3 is 18.9 Å². The quantitative estimate of drug-likeness (QED) is 0.00894. The summed E-state index contributed by atoms with van der Waals surface area (Å²) in [5.74, 6) is -0.897. The fourth-order valence-electron chi connectivity index (χ4n) is 5.96. The first-order valence-corrected chi connectivity index (χ1v) is 24.1. The predicted molar refractivity (Wildman–Crippen MR) is 236 cm³/mol. The lowest BCUT2D eigenvalue weighted by Gasteiger charge is -2.24. The van der Waals surface area contributed by atoms with Gasteiger partial charge in [-0.25, -0.2) is 9.45 Å². The van der Waals surface area contributed by atoms with E-state index in [-0.39, 0.29) is 32.2 Å². The highest BCUT2D eigenvalue weighted by molar-refractivity contribution is 7.47. The van der Waals surface area contributed by atoms with Crippen LogP contribution in [-0.2, 0) is 37.6 Å². The van der Waals surface area contributed by atoms with Crippen molar-refractivity contribution in [3.63, 3.8) is 0 Å². The average Bonchev–Trinajstić information content (AvgIpc) is 3.17. The number of unbranched alkanes of at least 4 members (excludes halogenated alkanes) is 17. The van der Waals surface area contributed by atoms with Gasteiger partial charge in [0.2, 0.25) is 0 Å². The number of hydrogen-bond acceptors (Lipinski definition) is 9. The van der Waals surface area contributed by atoms with Gasteiger partial charge in [0.25, 0.3) is 0 Å². The van der Waals surface area contributed by atoms with Gasteiger partial charge in [-0.3, -0.25) is 23.9 Å². The third-order valence-corrected chi connectivity index (χ3v) is 10.6. The highest BCUT2D eigenvalue weighted by Gasteiger charge is 2.27. The Bertz CT molecular complexity index is 1150. The summed E-state index contributed by atoms with van der Waals surface area (Å²) in [7, 11) is 1.40. The zero-order chi connectivity index (χ0) is 43.0. The smallest absolute Gasteiger partial charge is 0.462 e. The molecule has 0 heterocycles. The number of ether oxygens (including phenoxy) is 2. The summed E-state index contributed by atoms with van der Waals surface area (Å²) in [5, 5.41) is 9.01. The van der Waals surface area contributed by atoms with Crippen LogP contribution >= 0.6 is 7.82 Å². The molecule has 338 valence electrons. The molecular formula is C46H85NO10P+. The maximum absolute atomic E-state index is 12.7. The van der Waals surface area contributed by atoms with Crippen molar-refractivity contribution >= 4 is 19.8 Å². The Morgan fingerprint density at radius 3 is 1.76 bits per heavy atom. The number of carbonyl (C=O) groups is 2. The Labute approximate surface area is 353 Å². The van der Waals surface area contributed by atoms with Gasteiger partial charge in [-0.1, -0.05) is 172 Å². The summed E-state index contributed by atoms with van der Waals surface area (Å²) in [6.45, 7) is 4.19. The molecular weight excluding hydrogens is 757 g/mol. The molecule has 0 aromatic carbocycles. The third-order valence-electron chi connectivity index (χ3n) is 9.58. The van der Waals surface area contributed by atoms with Gasteiger partial charge in [-0.05, 0) is 38.5 Å². The molecule has 0 spiro atoms. The monoisotopic (exact) mass is 843 g/mol. The lowest BCUT2D eigenvalue weighted by molar-refractivity contribution is -0.870.